The first kappa shape index (κ1) is 11.5. The number of aromatic hydroxyl groups is 1. The van der Waals surface area contributed by atoms with Crippen LogP contribution in [0.15, 0.2) is 24.3 Å². The molecule has 2 heteroatoms. The van der Waals surface area contributed by atoms with Gasteiger partial charge in [-0.25, -0.2) is 0 Å². The van der Waals surface area contributed by atoms with E-state index < -0.39 is 0 Å². The first-order chi connectivity index (χ1) is 7.66. The molecule has 1 aromatic rings. The molecule has 16 heavy (non-hydrogen) atoms. The summed E-state index contributed by atoms with van der Waals surface area (Å²) < 4.78 is 0. The Morgan fingerprint density at radius 2 is 1.81 bits per heavy atom. The largest absolute Gasteiger partial charge is 0.508 e. The van der Waals surface area contributed by atoms with Gasteiger partial charge in [-0.1, -0.05) is 19.1 Å². The Morgan fingerprint density at radius 3 is 2.31 bits per heavy atom. The van der Waals surface area contributed by atoms with Crippen LogP contribution in [-0.2, 0) is 5.41 Å². The molecule has 0 unspecified atom stereocenters. The van der Waals surface area contributed by atoms with Crippen molar-refractivity contribution in [1.82, 2.24) is 0 Å². The quantitative estimate of drug-likeness (QED) is 0.803. The molecule has 1 aromatic carbocycles. The molecule has 0 bridgehead atoms. The van der Waals surface area contributed by atoms with Crippen LogP contribution in [0.1, 0.15) is 38.2 Å². The van der Waals surface area contributed by atoms with Crippen molar-refractivity contribution in [3.63, 3.8) is 0 Å². The molecule has 1 fully saturated rings. The van der Waals surface area contributed by atoms with Crippen molar-refractivity contribution in [2.24, 2.45) is 11.7 Å². The molecule has 1 aliphatic carbocycles. The van der Waals surface area contributed by atoms with Gasteiger partial charge in [0.2, 0.25) is 0 Å². The van der Waals surface area contributed by atoms with Gasteiger partial charge in [0.1, 0.15) is 5.75 Å². The lowest BCUT2D eigenvalue weighted by molar-refractivity contribution is 0.247. The predicted molar refractivity (Wildman–Crippen MR) is 66.5 cm³/mol. The molecule has 2 nitrogen and oxygen atoms in total. The third-order valence-electron chi connectivity index (χ3n) is 4.10. The van der Waals surface area contributed by atoms with Gasteiger partial charge in [0.05, 0.1) is 0 Å². The Bertz CT molecular complexity index is 336. The molecular formula is C14H21NO. The zero-order valence-corrected chi connectivity index (χ0v) is 9.95. The number of hydrogen-bond acceptors (Lipinski definition) is 2. The Hall–Kier alpha value is -1.02. The second kappa shape index (κ2) is 4.46. The Kier molecular flexibility index (Phi) is 3.20. The van der Waals surface area contributed by atoms with Crippen LogP contribution in [0.5, 0.6) is 5.75 Å². The predicted octanol–water partition coefficient (Wildman–Crippen LogP) is 2.80. The van der Waals surface area contributed by atoms with Gasteiger partial charge in [0, 0.05) is 12.0 Å². The van der Waals surface area contributed by atoms with Gasteiger partial charge in [0.25, 0.3) is 0 Å². The van der Waals surface area contributed by atoms with E-state index in [4.69, 9.17) is 5.73 Å². The van der Waals surface area contributed by atoms with Crippen molar-refractivity contribution in [2.75, 3.05) is 6.54 Å². The summed E-state index contributed by atoms with van der Waals surface area (Å²) in [6.07, 6.45) is 4.88. The number of phenolic OH excluding ortho intramolecular Hbond substituents is 1. The van der Waals surface area contributed by atoms with Gasteiger partial charge >= 0.3 is 0 Å². The highest BCUT2D eigenvalue weighted by molar-refractivity contribution is 5.32. The normalized spacial score (nSPS) is 30.2. The highest BCUT2D eigenvalue weighted by atomic mass is 16.3. The Labute approximate surface area is 97.5 Å². The number of rotatable bonds is 2. The Morgan fingerprint density at radius 1 is 1.25 bits per heavy atom. The molecule has 1 saturated carbocycles. The molecule has 1 aliphatic rings. The van der Waals surface area contributed by atoms with Gasteiger partial charge in [0.15, 0.2) is 0 Å². The van der Waals surface area contributed by atoms with Crippen molar-refractivity contribution < 1.29 is 5.11 Å². The van der Waals surface area contributed by atoms with Crippen LogP contribution in [0.4, 0.5) is 0 Å². The summed E-state index contributed by atoms with van der Waals surface area (Å²) in [5.41, 5.74) is 7.44. The molecule has 3 N–H and O–H groups in total. The van der Waals surface area contributed by atoms with Crippen molar-refractivity contribution in [3.05, 3.63) is 29.8 Å². The molecule has 0 aliphatic heterocycles. The minimum atomic E-state index is 0.153. The molecule has 0 aromatic heterocycles. The first-order valence-corrected chi connectivity index (χ1v) is 6.16. The van der Waals surface area contributed by atoms with E-state index in [-0.39, 0.29) is 5.41 Å². The minimum absolute atomic E-state index is 0.153. The maximum atomic E-state index is 9.32. The molecule has 0 radical (unpaired) electrons. The summed E-state index contributed by atoms with van der Waals surface area (Å²) in [6, 6.07) is 7.59. The molecule has 2 rings (SSSR count). The van der Waals surface area contributed by atoms with E-state index in [9.17, 15) is 5.11 Å². The molecule has 0 atom stereocenters. The minimum Gasteiger partial charge on any atom is -0.508 e. The van der Waals surface area contributed by atoms with E-state index in [1.54, 1.807) is 12.1 Å². The van der Waals surface area contributed by atoms with Gasteiger partial charge in [-0.15, -0.1) is 0 Å². The SMILES string of the molecule is CC1CCC(CN)(c2ccc(O)cc2)CC1. The zero-order valence-electron chi connectivity index (χ0n) is 9.95. The van der Waals surface area contributed by atoms with Gasteiger partial charge in [-0.2, -0.15) is 0 Å². The Balaban J connectivity index is 2.24. The zero-order chi connectivity index (χ0) is 11.6. The second-order valence-corrected chi connectivity index (χ2v) is 5.21. The number of hydrogen-bond donors (Lipinski definition) is 2. The van der Waals surface area contributed by atoms with Crippen molar-refractivity contribution in [3.8, 4) is 5.75 Å². The van der Waals surface area contributed by atoms with Crippen LogP contribution in [0.3, 0.4) is 0 Å². The topological polar surface area (TPSA) is 46.2 Å². The van der Waals surface area contributed by atoms with Crippen molar-refractivity contribution >= 4 is 0 Å². The van der Waals surface area contributed by atoms with E-state index in [0.717, 1.165) is 5.92 Å². The third-order valence-corrected chi connectivity index (χ3v) is 4.10. The second-order valence-electron chi connectivity index (χ2n) is 5.21. The summed E-state index contributed by atoms with van der Waals surface area (Å²) >= 11 is 0. The van der Waals surface area contributed by atoms with Crippen LogP contribution in [0.25, 0.3) is 0 Å². The van der Waals surface area contributed by atoms with Crippen LogP contribution in [-0.4, -0.2) is 11.7 Å². The van der Waals surface area contributed by atoms with Crippen LogP contribution in [0, 0.1) is 5.92 Å². The molecular weight excluding hydrogens is 198 g/mol. The standard InChI is InChI=1S/C14H21NO/c1-11-6-8-14(10-15,9-7-11)12-2-4-13(16)5-3-12/h2-5,11,16H,6-10,15H2,1H3. The summed E-state index contributed by atoms with van der Waals surface area (Å²) in [6.45, 7) is 3.03. The fraction of sp³-hybridized carbons (Fsp3) is 0.571. The van der Waals surface area contributed by atoms with Crippen LogP contribution in [0.2, 0.25) is 0 Å². The lowest BCUT2D eigenvalue weighted by Crippen LogP contribution is -2.38. The lowest BCUT2D eigenvalue weighted by Gasteiger charge is -2.39. The summed E-state index contributed by atoms with van der Waals surface area (Å²) in [5.74, 6) is 1.16. The van der Waals surface area contributed by atoms with Crippen LogP contribution < -0.4 is 5.73 Å². The van der Waals surface area contributed by atoms with Gasteiger partial charge in [-0.3, -0.25) is 0 Å². The number of benzene rings is 1. The van der Waals surface area contributed by atoms with Crippen molar-refractivity contribution in [2.45, 2.75) is 38.0 Å². The molecule has 0 spiro atoms. The highest BCUT2D eigenvalue weighted by Gasteiger charge is 2.34. The highest BCUT2D eigenvalue weighted by Crippen LogP contribution is 2.41. The van der Waals surface area contributed by atoms with Crippen molar-refractivity contribution in [1.29, 1.82) is 0 Å². The summed E-state index contributed by atoms with van der Waals surface area (Å²) in [4.78, 5) is 0. The monoisotopic (exact) mass is 219 g/mol. The van der Waals surface area contributed by atoms with E-state index in [2.05, 4.69) is 6.92 Å². The van der Waals surface area contributed by atoms with Gasteiger partial charge in [-0.05, 0) is 49.3 Å². The molecule has 0 saturated heterocycles. The average Bonchev–Trinajstić information content (AvgIpc) is 2.32. The average molecular weight is 219 g/mol. The van der Waals surface area contributed by atoms with E-state index >= 15 is 0 Å². The summed E-state index contributed by atoms with van der Waals surface area (Å²) in [5, 5.41) is 9.32. The lowest BCUT2D eigenvalue weighted by atomic mass is 9.67. The van der Waals surface area contributed by atoms with E-state index in [0.29, 0.717) is 12.3 Å². The van der Waals surface area contributed by atoms with Crippen LogP contribution >= 0.6 is 0 Å². The fourth-order valence-electron chi connectivity index (χ4n) is 2.74. The number of phenols is 1. The molecule has 0 heterocycles. The van der Waals surface area contributed by atoms with E-state index in [1.165, 1.54) is 31.2 Å². The third kappa shape index (κ3) is 2.07. The smallest absolute Gasteiger partial charge is 0.115 e. The van der Waals surface area contributed by atoms with Gasteiger partial charge < -0.3 is 10.8 Å². The fourth-order valence-corrected chi connectivity index (χ4v) is 2.74. The maximum Gasteiger partial charge on any atom is 0.115 e. The molecule has 0 amide bonds. The molecule has 88 valence electrons. The first-order valence-electron chi connectivity index (χ1n) is 6.16. The summed E-state index contributed by atoms with van der Waals surface area (Å²) in [7, 11) is 0. The van der Waals surface area contributed by atoms with E-state index in [1.807, 2.05) is 12.1 Å². The number of nitrogens with two attached hydrogens (primary N) is 1. The maximum absolute atomic E-state index is 9.32.